The SMILES string of the molecule is CNCC(C(C)C)N1CCc2cc(OC)c(OC)cc2C1. The molecule has 1 N–H and O–H groups in total. The molecule has 0 saturated heterocycles. The monoisotopic (exact) mass is 292 g/mol. The fourth-order valence-electron chi connectivity index (χ4n) is 3.18. The van der Waals surface area contributed by atoms with Crippen LogP contribution in [0, 0.1) is 5.92 Å². The van der Waals surface area contributed by atoms with E-state index in [0.717, 1.165) is 37.6 Å². The first-order valence-corrected chi connectivity index (χ1v) is 7.73. The molecule has 1 aromatic carbocycles. The first kappa shape index (κ1) is 16.1. The van der Waals surface area contributed by atoms with E-state index >= 15 is 0 Å². The highest BCUT2D eigenvalue weighted by atomic mass is 16.5. The molecule has 118 valence electrons. The van der Waals surface area contributed by atoms with Crippen LogP contribution in [-0.4, -0.2) is 45.3 Å². The molecule has 0 aliphatic carbocycles. The quantitative estimate of drug-likeness (QED) is 0.872. The van der Waals surface area contributed by atoms with Crippen LogP contribution in [-0.2, 0) is 13.0 Å². The predicted molar refractivity (Wildman–Crippen MR) is 86.2 cm³/mol. The summed E-state index contributed by atoms with van der Waals surface area (Å²) in [5.41, 5.74) is 2.75. The first-order valence-electron chi connectivity index (χ1n) is 7.73. The summed E-state index contributed by atoms with van der Waals surface area (Å²) in [6.45, 7) is 7.71. The van der Waals surface area contributed by atoms with Crippen LogP contribution in [0.5, 0.6) is 11.5 Å². The Hall–Kier alpha value is -1.26. The van der Waals surface area contributed by atoms with Crippen LogP contribution >= 0.6 is 0 Å². The molecule has 4 heteroatoms. The minimum absolute atomic E-state index is 0.566. The molecule has 0 saturated carbocycles. The van der Waals surface area contributed by atoms with Crippen LogP contribution in [0.25, 0.3) is 0 Å². The van der Waals surface area contributed by atoms with Crippen molar-refractivity contribution in [2.75, 3.05) is 34.4 Å². The number of rotatable bonds is 6. The fourth-order valence-corrected chi connectivity index (χ4v) is 3.18. The fraction of sp³-hybridized carbons (Fsp3) is 0.647. The number of benzene rings is 1. The third-order valence-corrected chi connectivity index (χ3v) is 4.40. The summed E-state index contributed by atoms with van der Waals surface area (Å²) in [6, 6.07) is 4.83. The number of hydrogen-bond donors (Lipinski definition) is 1. The number of fused-ring (bicyclic) bond motifs is 1. The molecule has 0 radical (unpaired) electrons. The molecule has 0 spiro atoms. The smallest absolute Gasteiger partial charge is 0.161 e. The Labute approximate surface area is 128 Å². The summed E-state index contributed by atoms with van der Waals surface area (Å²) in [6.07, 6.45) is 1.07. The predicted octanol–water partition coefficient (Wildman–Crippen LogP) is 2.31. The van der Waals surface area contributed by atoms with Gasteiger partial charge >= 0.3 is 0 Å². The van der Waals surface area contributed by atoms with Gasteiger partial charge in [-0.3, -0.25) is 4.90 Å². The van der Waals surface area contributed by atoms with Crippen molar-refractivity contribution >= 4 is 0 Å². The molecule has 4 nitrogen and oxygen atoms in total. The largest absolute Gasteiger partial charge is 0.493 e. The van der Waals surface area contributed by atoms with Gasteiger partial charge in [0.25, 0.3) is 0 Å². The average Bonchev–Trinajstić information content (AvgIpc) is 2.50. The van der Waals surface area contributed by atoms with Crippen molar-refractivity contribution in [3.63, 3.8) is 0 Å². The van der Waals surface area contributed by atoms with E-state index in [0.29, 0.717) is 12.0 Å². The first-order chi connectivity index (χ1) is 10.1. The van der Waals surface area contributed by atoms with Gasteiger partial charge in [-0.05, 0) is 42.6 Å². The molecule has 21 heavy (non-hydrogen) atoms. The molecular weight excluding hydrogens is 264 g/mol. The minimum atomic E-state index is 0.566. The van der Waals surface area contributed by atoms with Crippen molar-refractivity contribution < 1.29 is 9.47 Å². The van der Waals surface area contributed by atoms with Gasteiger partial charge in [0.15, 0.2) is 11.5 Å². The molecule has 1 aliphatic heterocycles. The van der Waals surface area contributed by atoms with Gasteiger partial charge < -0.3 is 14.8 Å². The van der Waals surface area contributed by atoms with Crippen LogP contribution in [0.1, 0.15) is 25.0 Å². The van der Waals surface area contributed by atoms with Crippen molar-refractivity contribution in [3.8, 4) is 11.5 Å². The van der Waals surface area contributed by atoms with Crippen LogP contribution in [0.15, 0.2) is 12.1 Å². The summed E-state index contributed by atoms with van der Waals surface area (Å²) >= 11 is 0. The number of nitrogens with zero attached hydrogens (tertiary/aromatic N) is 1. The Morgan fingerprint density at radius 1 is 1.14 bits per heavy atom. The number of methoxy groups -OCH3 is 2. The molecule has 1 aromatic rings. The van der Waals surface area contributed by atoms with Gasteiger partial charge in [0, 0.05) is 25.7 Å². The molecule has 0 aromatic heterocycles. The van der Waals surface area contributed by atoms with Gasteiger partial charge in [-0.1, -0.05) is 13.8 Å². The molecule has 1 aliphatic rings. The van der Waals surface area contributed by atoms with Gasteiger partial charge in [-0.15, -0.1) is 0 Å². The van der Waals surface area contributed by atoms with Crippen LogP contribution in [0.4, 0.5) is 0 Å². The lowest BCUT2D eigenvalue weighted by molar-refractivity contribution is 0.138. The van der Waals surface area contributed by atoms with Gasteiger partial charge in [0.1, 0.15) is 0 Å². The Morgan fingerprint density at radius 3 is 2.29 bits per heavy atom. The maximum absolute atomic E-state index is 5.44. The number of likely N-dealkylation sites (N-methyl/N-ethyl adjacent to an activating group) is 1. The van der Waals surface area contributed by atoms with Crippen molar-refractivity contribution in [1.29, 1.82) is 0 Å². The zero-order chi connectivity index (χ0) is 15.4. The van der Waals surface area contributed by atoms with Crippen LogP contribution < -0.4 is 14.8 Å². The molecule has 1 heterocycles. The zero-order valence-electron chi connectivity index (χ0n) is 13.9. The second-order valence-electron chi connectivity index (χ2n) is 6.07. The summed E-state index contributed by atoms with van der Waals surface area (Å²) in [7, 11) is 5.42. The second kappa shape index (κ2) is 7.14. The van der Waals surface area contributed by atoms with E-state index < -0.39 is 0 Å². The lowest BCUT2D eigenvalue weighted by Gasteiger charge is -2.38. The van der Waals surface area contributed by atoms with E-state index in [1.165, 1.54) is 11.1 Å². The lowest BCUT2D eigenvalue weighted by Crippen LogP contribution is -2.47. The highest BCUT2D eigenvalue weighted by molar-refractivity contribution is 5.48. The topological polar surface area (TPSA) is 33.7 Å². The summed E-state index contributed by atoms with van der Waals surface area (Å²) in [4.78, 5) is 2.58. The van der Waals surface area contributed by atoms with E-state index in [1.54, 1.807) is 14.2 Å². The number of ether oxygens (including phenoxy) is 2. The molecule has 1 atom stereocenters. The minimum Gasteiger partial charge on any atom is -0.493 e. The van der Waals surface area contributed by atoms with Crippen LogP contribution in [0.2, 0.25) is 0 Å². The average molecular weight is 292 g/mol. The van der Waals surface area contributed by atoms with Gasteiger partial charge in [0.05, 0.1) is 14.2 Å². The standard InChI is InChI=1S/C17H28N2O2/c1-12(2)15(10-18-3)19-7-6-13-8-16(20-4)17(21-5)9-14(13)11-19/h8-9,12,15,18H,6-7,10-11H2,1-5H3. The van der Waals surface area contributed by atoms with E-state index in [-0.39, 0.29) is 0 Å². The highest BCUT2D eigenvalue weighted by Gasteiger charge is 2.26. The number of hydrogen-bond acceptors (Lipinski definition) is 4. The van der Waals surface area contributed by atoms with Crippen molar-refractivity contribution in [2.45, 2.75) is 32.9 Å². The van der Waals surface area contributed by atoms with Crippen molar-refractivity contribution in [1.82, 2.24) is 10.2 Å². The van der Waals surface area contributed by atoms with E-state index in [2.05, 4.69) is 36.2 Å². The molecule has 0 bridgehead atoms. The zero-order valence-corrected chi connectivity index (χ0v) is 13.9. The maximum Gasteiger partial charge on any atom is 0.161 e. The van der Waals surface area contributed by atoms with Gasteiger partial charge in [-0.2, -0.15) is 0 Å². The van der Waals surface area contributed by atoms with E-state index in [4.69, 9.17) is 9.47 Å². The van der Waals surface area contributed by atoms with Gasteiger partial charge in [0.2, 0.25) is 0 Å². The normalized spacial score (nSPS) is 16.7. The molecule has 1 unspecified atom stereocenters. The molecule has 0 amide bonds. The third kappa shape index (κ3) is 3.50. The molecule has 2 rings (SSSR count). The Kier molecular flexibility index (Phi) is 5.48. The summed E-state index contributed by atoms with van der Waals surface area (Å²) in [5, 5.41) is 3.32. The Balaban J connectivity index is 2.23. The van der Waals surface area contributed by atoms with Crippen LogP contribution in [0.3, 0.4) is 0 Å². The van der Waals surface area contributed by atoms with Crippen molar-refractivity contribution in [3.05, 3.63) is 23.3 Å². The van der Waals surface area contributed by atoms with Crippen molar-refractivity contribution in [2.24, 2.45) is 5.92 Å². The maximum atomic E-state index is 5.44. The van der Waals surface area contributed by atoms with E-state index in [9.17, 15) is 0 Å². The van der Waals surface area contributed by atoms with Gasteiger partial charge in [-0.25, -0.2) is 0 Å². The Bertz CT molecular complexity index is 474. The number of nitrogens with one attached hydrogen (secondary N) is 1. The summed E-state index contributed by atoms with van der Waals surface area (Å²) < 4.78 is 10.8. The van der Waals surface area contributed by atoms with E-state index in [1.807, 2.05) is 7.05 Å². The lowest BCUT2D eigenvalue weighted by atomic mass is 9.94. The summed E-state index contributed by atoms with van der Waals surface area (Å²) in [5.74, 6) is 2.30. The molecular formula is C17H28N2O2. The Morgan fingerprint density at radius 2 is 1.76 bits per heavy atom. The highest BCUT2D eigenvalue weighted by Crippen LogP contribution is 2.34. The third-order valence-electron chi connectivity index (χ3n) is 4.40. The molecule has 0 fully saturated rings. The second-order valence-corrected chi connectivity index (χ2v) is 6.07.